The Hall–Kier alpha value is -2.92. The Balaban J connectivity index is 2.02. The Labute approximate surface area is 184 Å². The van der Waals surface area contributed by atoms with Crippen LogP contribution in [0.3, 0.4) is 0 Å². The Morgan fingerprint density at radius 1 is 1.00 bits per heavy atom. The predicted octanol–water partition coefficient (Wildman–Crippen LogP) is 5.05. The quantitative estimate of drug-likeness (QED) is 0.280. The van der Waals surface area contributed by atoms with E-state index >= 15 is 0 Å². The summed E-state index contributed by atoms with van der Waals surface area (Å²) in [5.74, 6) is -1.00. The van der Waals surface area contributed by atoms with E-state index < -0.39 is 17.7 Å². The molecular formula is C26H31NO4. The highest BCUT2D eigenvalue weighted by atomic mass is 16.5. The first-order valence-corrected chi connectivity index (χ1v) is 10.9. The van der Waals surface area contributed by atoms with E-state index in [0.29, 0.717) is 31.1 Å². The van der Waals surface area contributed by atoms with Crippen molar-refractivity contribution in [3.05, 3.63) is 76.9 Å². The number of likely N-dealkylation sites (tertiary alicyclic amines) is 1. The summed E-state index contributed by atoms with van der Waals surface area (Å²) in [7, 11) is 0. The average molecular weight is 422 g/mol. The smallest absolute Gasteiger partial charge is 0.295 e. The van der Waals surface area contributed by atoms with Crippen LogP contribution in [-0.4, -0.2) is 41.0 Å². The maximum absolute atomic E-state index is 13.0. The van der Waals surface area contributed by atoms with Crippen LogP contribution < -0.4 is 0 Å². The Kier molecular flexibility index (Phi) is 7.29. The van der Waals surface area contributed by atoms with Crippen molar-refractivity contribution in [3.8, 4) is 0 Å². The van der Waals surface area contributed by atoms with Crippen LogP contribution in [0.2, 0.25) is 0 Å². The van der Waals surface area contributed by atoms with Gasteiger partial charge in [-0.3, -0.25) is 9.59 Å². The van der Waals surface area contributed by atoms with Gasteiger partial charge in [0.2, 0.25) is 0 Å². The molecule has 1 atom stereocenters. The van der Waals surface area contributed by atoms with E-state index in [1.165, 1.54) is 5.56 Å². The third-order valence-electron chi connectivity index (χ3n) is 5.50. The zero-order chi connectivity index (χ0) is 22.5. The Morgan fingerprint density at radius 2 is 1.65 bits per heavy atom. The molecule has 2 aromatic carbocycles. The molecule has 3 rings (SSSR count). The van der Waals surface area contributed by atoms with Gasteiger partial charge in [0.15, 0.2) is 0 Å². The number of amides is 1. The van der Waals surface area contributed by atoms with Gasteiger partial charge in [-0.25, -0.2) is 0 Å². The first kappa shape index (κ1) is 22.8. The molecule has 2 aromatic rings. The van der Waals surface area contributed by atoms with Gasteiger partial charge in [0.1, 0.15) is 5.76 Å². The number of aliphatic hydroxyl groups is 1. The highest BCUT2D eigenvalue weighted by Crippen LogP contribution is 2.39. The zero-order valence-corrected chi connectivity index (χ0v) is 18.7. The molecular weight excluding hydrogens is 390 g/mol. The van der Waals surface area contributed by atoms with Gasteiger partial charge in [-0.1, -0.05) is 68.4 Å². The van der Waals surface area contributed by atoms with Crippen LogP contribution in [0.25, 0.3) is 5.76 Å². The molecule has 1 aliphatic rings. The van der Waals surface area contributed by atoms with E-state index in [9.17, 15) is 14.7 Å². The molecule has 5 heteroatoms. The van der Waals surface area contributed by atoms with Crippen LogP contribution in [-0.2, 0) is 14.3 Å². The van der Waals surface area contributed by atoms with Crippen LogP contribution in [0.4, 0.5) is 0 Å². The number of rotatable bonds is 8. The minimum absolute atomic E-state index is 0.105. The lowest BCUT2D eigenvalue weighted by Crippen LogP contribution is -2.31. The Morgan fingerprint density at radius 3 is 2.23 bits per heavy atom. The van der Waals surface area contributed by atoms with Gasteiger partial charge in [0, 0.05) is 18.7 Å². The molecule has 0 spiro atoms. The van der Waals surface area contributed by atoms with Crippen molar-refractivity contribution in [1.82, 2.24) is 4.90 Å². The molecule has 0 radical (unpaired) electrons. The first-order chi connectivity index (χ1) is 14.8. The van der Waals surface area contributed by atoms with Gasteiger partial charge >= 0.3 is 0 Å². The van der Waals surface area contributed by atoms with E-state index in [4.69, 9.17) is 4.74 Å². The number of nitrogens with zero attached hydrogens (tertiary/aromatic N) is 1. The third-order valence-corrected chi connectivity index (χ3v) is 5.50. The van der Waals surface area contributed by atoms with Crippen molar-refractivity contribution >= 4 is 17.4 Å². The SMILES string of the molecule is CC(C)OCCCN1C(=O)C(=O)C(=C(O)c2ccccc2)[C@@H]1c1ccc(C(C)C)cc1. The number of benzene rings is 2. The van der Waals surface area contributed by atoms with Crippen LogP contribution in [0, 0.1) is 0 Å². The summed E-state index contributed by atoms with van der Waals surface area (Å²) >= 11 is 0. The van der Waals surface area contributed by atoms with Crippen molar-refractivity contribution in [2.24, 2.45) is 0 Å². The number of ether oxygens (including phenoxy) is 1. The van der Waals surface area contributed by atoms with E-state index in [1.807, 2.05) is 44.2 Å². The Bertz CT molecular complexity index is 945. The molecule has 0 bridgehead atoms. The van der Waals surface area contributed by atoms with Crippen LogP contribution in [0.1, 0.15) is 62.8 Å². The fourth-order valence-electron chi connectivity index (χ4n) is 3.83. The minimum Gasteiger partial charge on any atom is -0.507 e. The largest absolute Gasteiger partial charge is 0.507 e. The molecule has 1 amide bonds. The van der Waals surface area contributed by atoms with Gasteiger partial charge in [-0.15, -0.1) is 0 Å². The second-order valence-corrected chi connectivity index (χ2v) is 8.45. The summed E-state index contributed by atoms with van der Waals surface area (Å²) in [6.07, 6.45) is 0.713. The second kappa shape index (κ2) is 9.92. The molecule has 1 fully saturated rings. The zero-order valence-electron chi connectivity index (χ0n) is 18.7. The normalized spacial score (nSPS) is 18.4. The number of hydrogen-bond acceptors (Lipinski definition) is 4. The molecule has 1 aliphatic heterocycles. The summed E-state index contributed by atoms with van der Waals surface area (Å²) in [6.45, 7) is 9.03. The maximum Gasteiger partial charge on any atom is 0.295 e. The van der Waals surface area contributed by atoms with Gasteiger partial charge < -0.3 is 14.7 Å². The summed E-state index contributed by atoms with van der Waals surface area (Å²) in [4.78, 5) is 27.5. The number of carbonyl (C=O) groups excluding carboxylic acids is 2. The molecule has 5 nitrogen and oxygen atoms in total. The topological polar surface area (TPSA) is 66.8 Å². The average Bonchev–Trinajstić information content (AvgIpc) is 3.01. The van der Waals surface area contributed by atoms with Crippen molar-refractivity contribution in [1.29, 1.82) is 0 Å². The monoisotopic (exact) mass is 421 g/mol. The van der Waals surface area contributed by atoms with Crippen molar-refractivity contribution in [2.45, 2.75) is 52.2 Å². The van der Waals surface area contributed by atoms with Crippen LogP contribution >= 0.6 is 0 Å². The summed E-state index contributed by atoms with van der Waals surface area (Å²) < 4.78 is 5.61. The lowest BCUT2D eigenvalue weighted by atomic mass is 9.93. The van der Waals surface area contributed by atoms with E-state index in [1.54, 1.807) is 29.2 Å². The van der Waals surface area contributed by atoms with Crippen LogP contribution in [0.15, 0.2) is 60.2 Å². The van der Waals surface area contributed by atoms with Gasteiger partial charge in [-0.05, 0) is 37.3 Å². The summed E-state index contributed by atoms with van der Waals surface area (Å²) in [5, 5.41) is 11.0. The van der Waals surface area contributed by atoms with Gasteiger partial charge in [-0.2, -0.15) is 0 Å². The number of ketones is 1. The molecule has 0 aromatic heterocycles. The molecule has 0 saturated carbocycles. The molecule has 1 saturated heterocycles. The highest BCUT2D eigenvalue weighted by molar-refractivity contribution is 6.46. The predicted molar refractivity (Wildman–Crippen MR) is 122 cm³/mol. The van der Waals surface area contributed by atoms with E-state index in [0.717, 1.165) is 5.56 Å². The summed E-state index contributed by atoms with van der Waals surface area (Å²) in [5.41, 5.74) is 2.64. The maximum atomic E-state index is 13.0. The molecule has 31 heavy (non-hydrogen) atoms. The molecule has 1 heterocycles. The highest BCUT2D eigenvalue weighted by Gasteiger charge is 2.45. The number of Topliss-reactive ketones (excluding diaryl/α,β-unsaturated/α-hetero) is 1. The van der Waals surface area contributed by atoms with Crippen LogP contribution in [0.5, 0.6) is 0 Å². The van der Waals surface area contributed by atoms with E-state index in [2.05, 4.69) is 13.8 Å². The number of aliphatic hydroxyl groups excluding tert-OH is 1. The summed E-state index contributed by atoms with van der Waals surface area (Å²) in [6, 6.07) is 16.2. The number of carbonyl (C=O) groups is 2. The van der Waals surface area contributed by atoms with E-state index in [-0.39, 0.29) is 17.4 Å². The standard InChI is InChI=1S/C26H31NO4/c1-17(2)19-11-13-20(14-12-19)23-22(24(28)21-9-6-5-7-10-21)25(29)26(30)27(23)15-8-16-31-18(3)4/h5-7,9-14,17-18,23,28H,8,15-16H2,1-4H3/t23-/m0/s1. The van der Waals surface area contributed by atoms with Crippen molar-refractivity contribution < 1.29 is 19.4 Å². The lowest BCUT2D eigenvalue weighted by Gasteiger charge is -2.26. The fraction of sp³-hybridized carbons (Fsp3) is 0.385. The first-order valence-electron chi connectivity index (χ1n) is 10.9. The molecule has 0 aliphatic carbocycles. The fourth-order valence-corrected chi connectivity index (χ4v) is 3.83. The van der Waals surface area contributed by atoms with Gasteiger partial charge in [0.25, 0.3) is 11.7 Å². The molecule has 164 valence electrons. The number of hydrogen-bond donors (Lipinski definition) is 1. The lowest BCUT2D eigenvalue weighted by molar-refractivity contribution is -0.140. The van der Waals surface area contributed by atoms with Crippen molar-refractivity contribution in [2.75, 3.05) is 13.2 Å². The second-order valence-electron chi connectivity index (χ2n) is 8.45. The minimum atomic E-state index is -0.649. The van der Waals surface area contributed by atoms with Crippen molar-refractivity contribution in [3.63, 3.8) is 0 Å². The van der Waals surface area contributed by atoms with Gasteiger partial charge in [0.05, 0.1) is 17.7 Å². The molecule has 0 unspecified atom stereocenters. The molecule has 1 N–H and O–H groups in total. The third kappa shape index (κ3) is 5.05.